The van der Waals surface area contributed by atoms with E-state index in [0.29, 0.717) is 19.4 Å². The fourth-order valence-corrected chi connectivity index (χ4v) is 5.06. The van der Waals surface area contributed by atoms with Crippen LogP contribution in [-0.2, 0) is 22.7 Å². The second kappa shape index (κ2) is 7.51. The highest BCUT2D eigenvalue weighted by molar-refractivity contribution is 6.00. The van der Waals surface area contributed by atoms with Gasteiger partial charge in [0.1, 0.15) is 6.23 Å². The second-order valence-corrected chi connectivity index (χ2v) is 8.96. The van der Waals surface area contributed by atoms with Crippen molar-refractivity contribution in [2.45, 2.75) is 44.6 Å². The number of piperidine rings is 1. The summed E-state index contributed by atoms with van der Waals surface area (Å²) in [5.74, 6) is -0.580. The fourth-order valence-electron chi connectivity index (χ4n) is 5.06. The maximum absolute atomic E-state index is 12.3. The number of carbonyl (C=O) groups is 2. The number of carbonyl (C=O) groups excluding carboxylic acids is 2. The number of aliphatic hydroxyl groups excluding tert-OH is 1. The predicted octanol–water partition coefficient (Wildman–Crippen LogP) is 2.05. The molecule has 2 fully saturated rings. The smallest absolute Gasteiger partial charge is 0.244 e. The summed E-state index contributed by atoms with van der Waals surface area (Å²) in [4.78, 5) is 36.2. The number of aliphatic hydroxyl groups is 1. The molecule has 32 heavy (non-hydrogen) atoms. The molecule has 5 heterocycles. The molecule has 3 N–H and O–H groups in total. The number of imide groups is 1. The minimum absolute atomic E-state index is 0.250. The van der Waals surface area contributed by atoms with E-state index in [-0.39, 0.29) is 11.8 Å². The van der Waals surface area contributed by atoms with Crippen molar-refractivity contribution in [3.8, 4) is 11.3 Å². The van der Waals surface area contributed by atoms with Gasteiger partial charge in [-0.2, -0.15) is 0 Å². The molecule has 3 aromatic rings. The second-order valence-electron chi connectivity index (χ2n) is 8.96. The molecule has 0 aliphatic carbocycles. The van der Waals surface area contributed by atoms with Crippen molar-refractivity contribution in [3.63, 3.8) is 0 Å². The number of rotatable bonds is 4. The molecule has 0 saturated carbocycles. The number of aromatic nitrogens is 2. The number of hydrogen-bond donors (Lipinski definition) is 3. The Hall–Kier alpha value is -3.07. The van der Waals surface area contributed by atoms with Crippen molar-refractivity contribution in [2.75, 3.05) is 13.1 Å². The number of likely N-dealkylation sites (tertiary alicyclic amines) is 1. The molecule has 2 atom stereocenters. The summed E-state index contributed by atoms with van der Waals surface area (Å²) in [7, 11) is 0. The van der Waals surface area contributed by atoms with Gasteiger partial charge >= 0.3 is 0 Å². The van der Waals surface area contributed by atoms with Gasteiger partial charge in [0, 0.05) is 31.3 Å². The molecule has 3 aliphatic heterocycles. The molecule has 2 unspecified atom stereocenters. The summed E-state index contributed by atoms with van der Waals surface area (Å²) in [6.45, 7) is 3.63. The Balaban J connectivity index is 1.31. The van der Waals surface area contributed by atoms with E-state index in [1.54, 1.807) is 4.90 Å². The van der Waals surface area contributed by atoms with Crippen molar-refractivity contribution in [1.82, 2.24) is 25.1 Å². The van der Waals surface area contributed by atoms with E-state index in [4.69, 9.17) is 4.98 Å². The van der Waals surface area contributed by atoms with Gasteiger partial charge in [-0.15, -0.1) is 0 Å². The van der Waals surface area contributed by atoms with E-state index in [9.17, 15) is 14.7 Å². The number of fused-ring (bicyclic) bond motifs is 2. The number of H-pyrrole nitrogens is 1. The molecule has 2 amide bonds. The number of pyridine rings is 1. The highest BCUT2D eigenvalue weighted by atomic mass is 16.3. The van der Waals surface area contributed by atoms with Crippen LogP contribution in [0.3, 0.4) is 0 Å². The highest BCUT2D eigenvalue weighted by Crippen LogP contribution is 2.37. The van der Waals surface area contributed by atoms with Crippen molar-refractivity contribution in [1.29, 1.82) is 0 Å². The first kappa shape index (κ1) is 19.6. The quantitative estimate of drug-likeness (QED) is 0.547. The summed E-state index contributed by atoms with van der Waals surface area (Å²) in [5.41, 5.74) is 6.96. The monoisotopic (exact) mass is 431 g/mol. The Labute approximate surface area is 185 Å². The maximum Gasteiger partial charge on any atom is 0.244 e. The molecule has 2 aromatic heterocycles. The van der Waals surface area contributed by atoms with E-state index < -0.39 is 12.3 Å². The van der Waals surface area contributed by atoms with Crippen LogP contribution in [0.1, 0.15) is 42.2 Å². The molecule has 2 saturated heterocycles. The minimum Gasteiger partial charge on any atom is -0.374 e. The lowest BCUT2D eigenvalue weighted by atomic mass is 10.0. The Morgan fingerprint density at radius 2 is 2.03 bits per heavy atom. The maximum atomic E-state index is 12.3. The molecule has 8 heteroatoms. The molecule has 8 nitrogen and oxygen atoms in total. The highest BCUT2D eigenvalue weighted by Gasteiger charge is 2.39. The Bertz CT molecular complexity index is 1230. The molecular weight excluding hydrogens is 406 g/mol. The number of hydrogen-bond acceptors (Lipinski definition) is 6. The molecule has 164 valence electrons. The summed E-state index contributed by atoms with van der Waals surface area (Å²) in [5, 5.41) is 13.3. The van der Waals surface area contributed by atoms with Crippen LogP contribution in [0.25, 0.3) is 22.3 Å². The van der Waals surface area contributed by atoms with Crippen LogP contribution >= 0.6 is 0 Å². The predicted molar refractivity (Wildman–Crippen MR) is 118 cm³/mol. The Morgan fingerprint density at radius 1 is 1.16 bits per heavy atom. The van der Waals surface area contributed by atoms with Gasteiger partial charge in [0.2, 0.25) is 11.8 Å². The first-order valence-electron chi connectivity index (χ1n) is 11.2. The van der Waals surface area contributed by atoms with Gasteiger partial charge < -0.3 is 10.1 Å². The molecule has 0 spiro atoms. The van der Waals surface area contributed by atoms with Crippen molar-refractivity contribution >= 4 is 22.8 Å². The average Bonchev–Trinajstić information content (AvgIpc) is 3.35. The third-order valence-corrected chi connectivity index (χ3v) is 6.94. The number of nitrogens with zero attached hydrogens (tertiary/aromatic N) is 3. The van der Waals surface area contributed by atoms with E-state index >= 15 is 0 Å². The van der Waals surface area contributed by atoms with Gasteiger partial charge in [-0.05, 0) is 60.8 Å². The van der Waals surface area contributed by atoms with Crippen molar-refractivity contribution < 1.29 is 14.7 Å². The number of aromatic amines is 1. The van der Waals surface area contributed by atoms with Crippen LogP contribution < -0.4 is 5.32 Å². The van der Waals surface area contributed by atoms with Crippen LogP contribution in [0.5, 0.6) is 0 Å². The zero-order chi connectivity index (χ0) is 21.8. The van der Waals surface area contributed by atoms with Crippen LogP contribution in [-0.4, -0.2) is 55.8 Å². The third kappa shape index (κ3) is 3.23. The summed E-state index contributed by atoms with van der Waals surface area (Å²) < 4.78 is 0. The van der Waals surface area contributed by atoms with E-state index in [1.807, 2.05) is 24.4 Å². The van der Waals surface area contributed by atoms with Gasteiger partial charge in [-0.3, -0.25) is 24.7 Å². The van der Waals surface area contributed by atoms with Gasteiger partial charge in [-0.25, -0.2) is 4.98 Å². The van der Waals surface area contributed by atoms with Crippen LogP contribution in [0.15, 0.2) is 36.5 Å². The largest absolute Gasteiger partial charge is 0.374 e. The lowest BCUT2D eigenvalue weighted by molar-refractivity contribution is -0.141. The number of amides is 2. The third-order valence-electron chi connectivity index (χ3n) is 6.94. The van der Waals surface area contributed by atoms with Gasteiger partial charge in [0.05, 0.1) is 22.8 Å². The standard InChI is InChI=1S/C24H25N5O3/c30-21-5-4-20(23(31)27-21)29-13-15-10-14(2-3-17(15)24(29)32)19-11-16(12-28-8-1-9-28)22-18(26-19)6-7-25-22/h2-3,6-7,10-11,20,24-25,32H,1,4-5,8-9,12-13H2,(H,27,30,31). The normalized spacial score (nSPS) is 23.9. The van der Waals surface area contributed by atoms with Crippen LogP contribution in [0.2, 0.25) is 0 Å². The lowest BCUT2D eigenvalue weighted by Crippen LogP contribution is -2.51. The topological polar surface area (TPSA) is 102 Å². The van der Waals surface area contributed by atoms with Gasteiger partial charge in [0.15, 0.2) is 0 Å². The van der Waals surface area contributed by atoms with Gasteiger partial charge in [0.25, 0.3) is 0 Å². The summed E-state index contributed by atoms with van der Waals surface area (Å²) >= 11 is 0. The van der Waals surface area contributed by atoms with E-state index in [1.165, 1.54) is 12.0 Å². The Morgan fingerprint density at radius 3 is 2.81 bits per heavy atom. The lowest BCUT2D eigenvalue weighted by Gasteiger charge is -2.31. The molecule has 0 bridgehead atoms. The van der Waals surface area contributed by atoms with Crippen molar-refractivity contribution in [2.24, 2.45) is 0 Å². The van der Waals surface area contributed by atoms with E-state index in [0.717, 1.165) is 53.1 Å². The zero-order valence-corrected chi connectivity index (χ0v) is 17.7. The van der Waals surface area contributed by atoms with Crippen LogP contribution in [0.4, 0.5) is 0 Å². The molecule has 3 aliphatic rings. The molecule has 1 aromatic carbocycles. The van der Waals surface area contributed by atoms with Crippen LogP contribution in [0, 0.1) is 0 Å². The number of benzene rings is 1. The molecular formula is C24H25N5O3. The average molecular weight is 431 g/mol. The molecule has 0 radical (unpaired) electrons. The fraction of sp³-hybridized carbons (Fsp3) is 0.375. The Kier molecular flexibility index (Phi) is 4.60. The van der Waals surface area contributed by atoms with E-state index in [2.05, 4.69) is 27.3 Å². The minimum atomic E-state index is -0.856. The zero-order valence-electron chi connectivity index (χ0n) is 17.7. The SMILES string of the molecule is O=C1CCC(N2Cc3cc(-c4cc(CN5CCC5)c5[nH]ccc5n4)ccc3C2O)C(=O)N1. The first-order valence-corrected chi connectivity index (χ1v) is 11.2. The van der Waals surface area contributed by atoms with Crippen molar-refractivity contribution in [3.05, 3.63) is 53.2 Å². The number of nitrogens with one attached hydrogen (secondary N) is 2. The summed E-state index contributed by atoms with van der Waals surface area (Å²) in [6.07, 6.45) is 3.04. The summed E-state index contributed by atoms with van der Waals surface area (Å²) in [6, 6.07) is 9.64. The molecule has 6 rings (SSSR count). The first-order chi connectivity index (χ1) is 15.6. The van der Waals surface area contributed by atoms with Gasteiger partial charge in [-0.1, -0.05) is 12.1 Å².